The zero-order valence-electron chi connectivity index (χ0n) is 16.3. The number of hydrogen-bond donors (Lipinski definition) is 1. The Hall–Kier alpha value is -2.24. The summed E-state index contributed by atoms with van der Waals surface area (Å²) < 4.78 is 31.8. The minimum Gasteiger partial charge on any atom is -0.463 e. The second-order valence-corrected chi connectivity index (χ2v) is 6.60. The molecule has 0 aliphatic carbocycles. The van der Waals surface area contributed by atoms with Crippen LogP contribution in [0.3, 0.4) is 0 Å². The van der Waals surface area contributed by atoms with Crippen molar-refractivity contribution < 1.29 is 52.7 Å². The van der Waals surface area contributed by atoms with Crippen molar-refractivity contribution in [3.63, 3.8) is 0 Å². The number of aliphatic hydroxyl groups is 1. The van der Waals surface area contributed by atoms with Crippen molar-refractivity contribution in [3.8, 4) is 0 Å². The fraction of sp³-hybridized carbons (Fsp3) is 0.765. The summed E-state index contributed by atoms with van der Waals surface area (Å²) in [4.78, 5) is 46.3. The van der Waals surface area contributed by atoms with Gasteiger partial charge in [-0.3, -0.25) is 23.9 Å². The Morgan fingerprint density at radius 2 is 1.57 bits per heavy atom. The predicted octanol–water partition coefficient (Wildman–Crippen LogP) is -0.0823. The van der Waals surface area contributed by atoms with Gasteiger partial charge in [0.15, 0.2) is 0 Å². The van der Waals surface area contributed by atoms with Gasteiger partial charge in [0.1, 0.15) is 12.7 Å². The van der Waals surface area contributed by atoms with Crippen molar-refractivity contribution >= 4 is 23.9 Å². The minimum absolute atomic E-state index is 0.0906. The van der Waals surface area contributed by atoms with Crippen LogP contribution in [0.4, 0.5) is 0 Å². The van der Waals surface area contributed by atoms with E-state index >= 15 is 0 Å². The highest BCUT2D eigenvalue weighted by Gasteiger charge is 2.94. The van der Waals surface area contributed by atoms with Crippen LogP contribution in [-0.4, -0.2) is 65.2 Å². The Balaban J connectivity index is 2.56. The fourth-order valence-electron chi connectivity index (χ4n) is 3.37. The smallest absolute Gasteiger partial charge is 0.342 e. The normalized spacial score (nSPS) is 35.9. The molecule has 0 saturated carbocycles. The number of esters is 4. The van der Waals surface area contributed by atoms with Crippen molar-refractivity contribution in [3.05, 3.63) is 0 Å². The molecule has 2 saturated heterocycles. The van der Waals surface area contributed by atoms with Gasteiger partial charge in [0.05, 0.1) is 0 Å². The van der Waals surface area contributed by atoms with E-state index in [1.165, 1.54) is 0 Å². The summed E-state index contributed by atoms with van der Waals surface area (Å²) in [6, 6.07) is 0. The molecule has 11 heteroatoms. The fourth-order valence-corrected chi connectivity index (χ4v) is 3.37. The largest absolute Gasteiger partial charge is 0.463 e. The van der Waals surface area contributed by atoms with Crippen LogP contribution in [-0.2, 0) is 47.6 Å². The number of carbonyl (C=O) groups excluding carboxylic acids is 4. The van der Waals surface area contributed by atoms with E-state index in [-0.39, 0.29) is 6.42 Å². The first kappa shape index (κ1) is 22.1. The lowest BCUT2D eigenvalue weighted by atomic mass is 9.89. The molecule has 0 unspecified atom stereocenters. The molecule has 0 amide bonds. The van der Waals surface area contributed by atoms with E-state index in [1.54, 1.807) is 6.92 Å². The van der Waals surface area contributed by atoms with E-state index in [1.807, 2.05) is 0 Å². The summed E-state index contributed by atoms with van der Waals surface area (Å²) in [6.07, 6.45) is -2.48. The van der Waals surface area contributed by atoms with Gasteiger partial charge in [-0.1, -0.05) is 13.3 Å². The average Bonchev–Trinajstić information content (AvgIpc) is 3.17. The maximum absolute atomic E-state index is 11.8. The van der Waals surface area contributed by atoms with Crippen LogP contribution >= 0.6 is 0 Å². The summed E-state index contributed by atoms with van der Waals surface area (Å²) in [6.45, 7) is 5.65. The van der Waals surface area contributed by atoms with Gasteiger partial charge >= 0.3 is 35.5 Å². The van der Waals surface area contributed by atoms with Gasteiger partial charge in [0.2, 0.25) is 11.9 Å². The number of hydrogen-bond acceptors (Lipinski definition) is 11. The van der Waals surface area contributed by atoms with E-state index in [2.05, 4.69) is 0 Å². The minimum atomic E-state index is -2.26. The van der Waals surface area contributed by atoms with Gasteiger partial charge in [-0.2, -0.15) is 0 Å². The summed E-state index contributed by atoms with van der Waals surface area (Å²) in [7, 11) is 0. The first-order valence-corrected chi connectivity index (χ1v) is 8.73. The highest BCUT2D eigenvalue weighted by atomic mass is 17.0. The molecule has 5 atom stereocenters. The molecule has 0 aromatic heterocycles. The lowest BCUT2D eigenvalue weighted by molar-refractivity contribution is -0.358. The second-order valence-electron chi connectivity index (χ2n) is 6.60. The number of rotatable bonds is 7. The Kier molecular flexibility index (Phi) is 6.02. The molecule has 1 N–H and O–H groups in total. The topological polar surface area (TPSA) is 147 Å². The van der Waals surface area contributed by atoms with E-state index in [0.29, 0.717) is 6.42 Å². The highest BCUT2D eigenvalue weighted by molar-refractivity contribution is 5.70. The van der Waals surface area contributed by atoms with Crippen molar-refractivity contribution in [2.24, 2.45) is 0 Å². The van der Waals surface area contributed by atoms with Crippen LogP contribution in [0.2, 0.25) is 0 Å². The highest BCUT2D eigenvalue weighted by Crippen LogP contribution is 2.64. The molecule has 0 aromatic rings. The van der Waals surface area contributed by atoms with E-state index in [9.17, 15) is 24.3 Å². The van der Waals surface area contributed by atoms with Gasteiger partial charge < -0.3 is 28.8 Å². The molecular formula is C17H24O11. The van der Waals surface area contributed by atoms with Gasteiger partial charge in [0, 0.05) is 34.1 Å². The Bertz CT molecular complexity index is 676. The molecule has 158 valence electrons. The molecule has 2 fully saturated rings. The molecule has 0 bridgehead atoms. The number of carbonyl (C=O) groups is 4. The van der Waals surface area contributed by atoms with Gasteiger partial charge in [-0.25, -0.2) is 0 Å². The Morgan fingerprint density at radius 3 is 2.04 bits per heavy atom. The Labute approximate surface area is 161 Å². The third-order valence-corrected chi connectivity index (χ3v) is 4.20. The Morgan fingerprint density at radius 1 is 0.964 bits per heavy atom. The van der Waals surface area contributed by atoms with E-state index < -0.39 is 60.1 Å². The van der Waals surface area contributed by atoms with Crippen LogP contribution in [0.15, 0.2) is 0 Å². The van der Waals surface area contributed by atoms with Gasteiger partial charge in [0.25, 0.3) is 0 Å². The molecule has 0 radical (unpaired) electrons. The zero-order valence-corrected chi connectivity index (χ0v) is 16.3. The maximum Gasteiger partial charge on any atom is 0.342 e. The predicted molar refractivity (Wildman–Crippen MR) is 87.0 cm³/mol. The lowest BCUT2D eigenvalue weighted by Crippen LogP contribution is -2.68. The van der Waals surface area contributed by atoms with Crippen molar-refractivity contribution in [2.45, 2.75) is 77.0 Å². The summed E-state index contributed by atoms with van der Waals surface area (Å²) in [5.74, 6) is -9.82. The summed E-state index contributed by atoms with van der Waals surface area (Å²) in [5, 5.41) is 11.1. The van der Waals surface area contributed by atoms with Crippen molar-refractivity contribution in [1.82, 2.24) is 0 Å². The molecule has 2 heterocycles. The van der Waals surface area contributed by atoms with Crippen LogP contribution in [0, 0.1) is 0 Å². The molecular weight excluding hydrogens is 380 g/mol. The van der Waals surface area contributed by atoms with Crippen LogP contribution < -0.4 is 0 Å². The summed E-state index contributed by atoms with van der Waals surface area (Å²) in [5.41, 5.74) is 0. The number of fused-ring (bicyclic) bond motifs is 1. The molecule has 0 spiro atoms. The second kappa shape index (κ2) is 7.64. The molecule has 2 aliphatic heterocycles. The van der Waals surface area contributed by atoms with E-state index in [0.717, 1.165) is 27.7 Å². The third kappa shape index (κ3) is 3.69. The molecule has 28 heavy (non-hydrogen) atoms. The molecule has 2 rings (SSSR count). The van der Waals surface area contributed by atoms with Gasteiger partial charge in [-0.15, -0.1) is 0 Å². The first-order valence-electron chi connectivity index (χ1n) is 8.73. The first-order chi connectivity index (χ1) is 12.9. The standard InChI is InChI=1S/C17H24O11/c1-6-7-15(22)17(26-12(5)21)16(28-17,25-11(4)20)14(24-10(3)19)13(27-15)8-23-9(2)18/h13-14,22H,6-8H2,1-5H3/t13-,14+,15-,16-,17-/m1/s1. The van der Waals surface area contributed by atoms with Crippen LogP contribution in [0.5, 0.6) is 0 Å². The average molecular weight is 404 g/mol. The van der Waals surface area contributed by atoms with E-state index in [4.69, 9.17) is 28.4 Å². The summed E-state index contributed by atoms with van der Waals surface area (Å²) >= 11 is 0. The molecule has 2 aliphatic rings. The lowest BCUT2D eigenvalue weighted by Gasteiger charge is -2.44. The molecule has 11 nitrogen and oxygen atoms in total. The maximum atomic E-state index is 11.8. The third-order valence-electron chi connectivity index (χ3n) is 4.20. The SMILES string of the molecule is CCC[C@@]1(O)O[C@H](COC(C)=O)[C@H](OC(C)=O)[C@@]2(OC(C)=O)O[C@@]21OC(C)=O. The van der Waals surface area contributed by atoms with Crippen LogP contribution in [0.25, 0.3) is 0 Å². The van der Waals surface area contributed by atoms with Gasteiger partial charge in [-0.05, 0) is 0 Å². The zero-order chi connectivity index (χ0) is 21.3. The monoisotopic (exact) mass is 404 g/mol. The number of ether oxygens (including phenoxy) is 6. The number of epoxide rings is 1. The van der Waals surface area contributed by atoms with Crippen molar-refractivity contribution in [2.75, 3.05) is 6.61 Å². The van der Waals surface area contributed by atoms with Crippen molar-refractivity contribution in [1.29, 1.82) is 0 Å². The van der Waals surface area contributed by atoms with Crippen LogP contribution in [0.1, 0.15) is 47.5 Å². The quantitative estimate of drug-likeness (QED) is 0.345. The molecule has 0 aromatic carbocycles.